The molecular formula is C26H29ClN4S2. The minimum atomic E-state index is -0.0287. The number of thiocarbonyl (C=S) groups is 1. The number of rotatable bonds is 4. The molecule has 3 aromatic rings. The maximum atomic E-state index is 6.89. The van der Waals surface area contributed by atoms with Gasteiger partial charge in [0.1, 0.15) is 0 Å². The molecular weight excluding hydrogens is 468 g/mol. The Hall–Kier alpha value is -2.15. The van der Waals surface area contributed by atoms with E-state index in [1.54, 1.807) is 11.3 Å². The van der Waals surface area contributed by atoms with E-state index in [2.05, 4.69) is 77.3 Å². The third-order valence-electron chi connectivity index (χ3n) is 6.57. The van der Waals surface area contributed by atoms with E-state index >= 15 is 0 Å². The fourth-order valence-corrected chi connectivity index (χ4v) is 6.94. The molecule has 2 aliphatic rings. The summed E-state index contributed by atoms with van der Waals surface area (Å²) >= 11 is 14.6. The van der Waals surface area contributed by atoms with Gasteiger partial charge in [0, 0.05) is 34.7 Å². The Bertz CT molecular complexity index is 1140. The van der Waals surface area contributed by atoms with Crippen LogP contribution in [0.4, 0.5) is 11.4 Å². The molecule has 2 saturated heterocycles. The standard InChI is InChI=1S/C26H29ClN4S2/c1-16-12-17(2)15-30(14-16)22-9-8-19(13-20(22)27)31-25(23-10-7-18(3)33-23)24(29-26(31)32)21-6-4-5-11-28-21/h4-11,13,16-17,24-25H,12,14-15H2,1-3H3,(H,29,32). The van der Waals surface area contributed by atoms with Crippen LogP contribution in [-0.4, -0.2) is 23.2 Å². The summed E-state index contributed by atoms with van der Waals surface area (Å²) in [7, 11) is 0. The SMILES string of the molecule is Cc1ccc(C2C(c3ccccn3)NC(=S)N2c2ccc(N3CC(C)CC(C)C3)c(Cl)c2)s1. The number of thiophene rings is 1. The van der Waals surface area contributed by atoms with Gasteiger partial charge in [-0.3, -0.25) is 4.98 Å². The fraction of sp³-hybridized carbons (Fsp3) is 0.385. The lowest BCUT2D eigenvalue weighted by Crippen LogP contribution is -2.38. The van der Waals surface area contributed by atoms with Crippen molar-refractivity contribution in [3.63, 3.8) is 0 Å². The van der Waals surface area contributed by atoms with Crippen molar-refractivity contribution in [3.05, 3.63) is 75.2 Å². The van der Waals surface area contributed by atoms with Crippen molar-refractivity contribution >= 4 is 51.6 Å². The Morgan fingerprint density at radius 2 is 1.88 bits per heavy atom. The van der Waals surface area contributed by atoms with Gasteiger partial charge in [-0.2, -0.15) is 0 Å². The van der Waals surface area contributed by atoms with Crippen molar-refractivity contribution in [3.8, 4) is 0 Å². The largest absolute Gasteiger partial charge is 0.370 e. The molecule has 4 atom stereocenters. The average molecular weight is 497 g/mol. The number of hydrogen-bond acceptors (Lipinski definition) is 4. The molecule has 33 heavy (non-hydrogen) atoms. The zero-order chi connectivity index (χ0) is 23.1. The summed E-state index contributed by atoms with van der Waals surface area (Å²) in [5, 5.41) is 5.01. The van der Waals surface area contributed by atoms with Crippen molar-refractivity contribution in [2.45, 2.75) is 39.3 Å². The first kappa shape index (κ1) is 22.6. The number of hydrogen-bond donors (Lipinski definition) is 1. The van der Waals surface area contributed by atoms with Crippen LogP contribution in [-0.2, 0) is 0 Å². The van der Waals surface area contributed by atoms with Crippen LogP contribution in [0.2, 0.25) is 5.02 Å². The van der Waals surface area contributed by atoms with Gasteiger partial charge in [0.05, 0.1) is 28.5 Å². The van der Waals surface area contributed by atoms with Gasteiger partial charge >= 0.3 is 0 Å². The maximum Gasteiger partial charge on any atom is 0.174 e. The Balaban J connectivity index is 1.51. The minimum absolute atomic E-state index is 0.0167. The van der Waals surface area contributed by atoms with Crippen molar-refractivity contribution in [2.24, 2.45) is 11.8 Å². The van der Waals surface area contributed by atoms with E-state index in [-0.39, 0.29) is 12.1 Å². The van der Waals surface area contributed by atoms with Crippen molar-refractivity contribution in [1.29, 1.82) is 0 Å². The number of aromatic nitrogens is 1. The van der Waals surface area contributed by atoms with E-state index in [4.69, 9.17) is 23.8 Å². The zero-order valence-electron chi connectivity index (χ0n) is 19.2. The van der Waals surface area contributed by atoms with E-state index < -0.39 is 0 Å². The Kier molecular flexibility index (Phi) is 6.34. The van der Waals surface area contributed by atoms with E-state index in [1.165, 1.54) is 16.2 Å². The molecule has 2 fully saturated rings. The van der Waals surface area contributed by atoms with Crippen molar-refractivity contribution in [2.75, 3.05) is 22.9 Å². The molecule has 2 aromatic heterocycles. The zero-order valence-corrected chi connectivity index (χ0v) is 21.6. The number of nitrogens with one attached hydrogen (secondary N) is 1. The smallest absolute Gasteiger partial charge is 0.174 e. The highest BCUT2D eigenvalue weighted by atomic mass is 35.5. The number of pyridine rings is 1. The van der Waals surface area contributed by atoms with Gasteiger partial charge in [0.15, 0.2) is 5.11 Å². The van der Waals surface area contributed by atoms with Crippen LogP contribution in [0.3, 0.4) is 0 Å². The molecule has 2 aliphatic heterocycles. The Morgan fingerprint density at radius 1 is 1.09 bits per heavy atom. The second-order valence-corrected chi connectivity index (χ2v) is 11.5. The van der Waals surface area contributed by atoms with E-state index in [0.717, 1.165) is 35.2 Å². The highest BCUT2D eigenvalue weighted by molar-refractivity contribution is 7.80. The maximum absolute atomic E-state index is 6.89. The quantitative estimate of drug-likeness (QED) is 0.403. The monoisotopic (exact) mass is 496 g/mol. The molecule has 4 heterocycles. The normalized spacial score (nSPS) is 25.4. The number of benzene rings is 1. The summed E-state index contributed by atoms with van der Waals surface area (Å²) in [6.45, 7) is 8.88. The van der Waals surface area contributed by atoms with Gasteiger partial charge in [0.25, 0.3) is 0 Å². The molecule has 4 unspecified atom stereocenters. The van der Waals surface area contributed by atoms with E-state index in [9.17, 15) is 0 Å². The van der Waals surface area contributed by atoms with Gasteiger partial charge in [-0.15, -0.1) is 11.3 Å². The topological polar surface area (TPSA) is 31.4 Å². The molecule has 0 spiro atoms. The number of aryl methyl sites for hydroxylation is 1. The molecule has 0 bridgehead atoms. The van der Waals surface area contributed by atoms with Gasteiger partial charge < -0.3 is 15.1 Å². The molecule has 0 saturated carbocycles. The van der Waals surface area contributed by atoms with Gasteiger partial charge in [-0.1, -0.05) is 31.5 Å². The highest BCUT2D eigenvalue weighted by Gasteiger charge is 2.41. The van der Waals surface area contributed by atoms with Gasteiger partial charge in [-0.05, 0) is 79.9 Å². The lowest BCUT2D eigenvalue weighted by Gasteiger charge is -2.37. The summed E-state index contributed by atoms with van der Waals surface area (Å²) < 4.78 is 0. The van der Waals surface area contributed by atoms with Crippen molar-refractivity contribution in [1.82, 2.24) is 10.3 Å². The third kappa shape index (κ3) is 4.48. The Morgan fingerprint density at radius 3 is 2.52 bits per heavy atom. The number of piperidine rings is 1. The summed E-state index contributed by atoms with van der Waals surface area (Å²) in [6.07, 6.45) is 3.11. The van der Waals surface area contributed by atoms with E-state index in [0.29, 0.717) is 16.9 Å². The summed E-state index contributed by atoms with van der Waals surface area (Å²) in [5.41, 5.74) is 3.10. The number of anilines is 2. The van der Waals surface area contributed by atoms with Crippen LogP contribution in [0.1, 0.15) is 47.8 Å². The first-order chi connectivity index (χ1) is 15.9. The summed E-state index contributed by atoms with van der Waals surface area (Å²) in [5.74, 6) is 1.34. The lowest BCUT2D eigenvalue weighted by atomic mass is 9.91. The molecule has 7 heteroatoms. The van der Waals surface area contributed by atoms with Crippen LogP contribution in [0.15, 0.2) is 54.7 Å². The molecule has 1 N–H and O–H groups in total. The highest BCUT2D eigenvalue weighted by Crippen LogP contribution is 2.45. The van der Waals surface area contributed by atoms with Gasteiger partial charge in [0.2, 0.25) is 0 Å². The summed E-state index contributed by atoms with van der Waals surface area (Å²) in [4.78, 5) is 11.8. The predicted octanol–water partition coefficient (Wildman–Crippen LogP) is 6.76. The molecule has 172 valence electrons. The third-order valence-corrected chi connectivity index (χ3v) is 8.26. The molecule has 5 rings (SSSR count). The summed E-state index contributed by atoms with van der Waals surface area (Å²) in [6, 6.07) is 16.8. The van der Waals surface area contributed by atoms with Crippen LogP contribution in [0.5, 0.6) is 0 Å². The van der Waals surface area contributed by atoms with Crippen LogP contribution in [0.25, 0.3) is 0 Å². The second kappa shape index (κ2) is 9.24. The molecule has 0 radical (unpaired) electrons. The van der Waals surface area contributed by atoms with Crippen LogP contribution in [0, 0.1) is 18.8 Å². The molecule has 4 nitrogen and oxygen atoms in total. The lowest BCUT2D eigenvalue weighted by molar-refractivity contribution is 0.357. The van der Waals surface area contributed by atoms with Crippen molar-refractivity contribution < 1.29 is 0 Å². The fourth-order valence-electron chi connectivity index (χ4n) is 5.30. The number of halogens is 1. The first-order valence-electron chi connectivity index (χ1n) is 11.5. The molecule has 0 amide bonds. The first-order valence-corrected chi connectivity index (χ1v) is 13.1. The minimum Gasteiger partial charge on any atom is -0.370 e. The molecule has 1 aromatic carbocycles. The molecule has 0 aliphatic carbocycles. The van der Waals surface area contributed by atoms with E-state index in [1.807, 2.05) is 18.3 Å². The Labute approximate surface area is 210 Å². The average Bonchev–Trinajstić information content (AvgIpc) is 3.36. The second-order valence-electron chi connectivity index (χ2n) is 9.43. The van der Waals surface area contributed by atoms with Crippen LogP contribution < -0.4 is 15.1 Å². The number of nitrogens with zero attached hydrogens (tertiary/aromatic N) is 3. The van der Waals surface area contributed by atoms with Gasteiger partial charge in [-0.25, -0.2) is 0 Å². The predicted molar refractivity (Wildman–Crippen MR) is 144 cm³/mol. The van der Waals surface area contributed by atoms with Crippen LogP contribution >= 0.6 is 35.2 Å².